The van der Waals surface area contributed by atoms with Gasteiger partial charge in [0, 0.05) is 6.42 Å². The first-order chi connectivity index (χ1) is 12.0. The summed E-state index contributed by atoms with van der Waals surface area (Å²) in [6.07, 6.45) is 0.0172. The quantitative estimate of drug-likeness (QED) is 0.269. The third kappa shape index (κ3) is 8.42. The largest absolute Gasteiger partial charge is 0.480 e. The van der Waals surface area contributed by atoms with E-state index in [1.54, 1.807) is 0 Å². The molecule has 148 valence electrons. The highest BCUT2D eigenvalue weighted by molar-refractivity contribution is 5.93. The second-order valence-corrected chi connectivity index (χ2v) is 5.75. The number of nitrogens with two attached hydrogens (primary N) is 1. The monoisotopic (exact) mass is 374 g/mol. The summed E-state index contributed by atoms with van der Waals surface area (Å²) < 4.78 is 4.44. The molecular formula is C15H26N4O7. The van der Waals surface area contributed by atoms with Gasteiger partial charge in [-0.15, -0.1) is 0 Å². The predicted molar refractivity (Wildman–Crippen MR) is 89.7 cm³/mol. The van der Waals surface area contributed by atoms with Crippen molar-refractivity contribution in [3.63, 3.8) is 0 Å². The molecule has 0 aliphatic heterocycles. The summed E-state index contributed by atoms with van der Waals surface area (Å²) in [6.45, 7) is 4.05. The summed E-state index contributed by atoms with van der Waals surface area (Å²) in [5.41, 5.74) is 5.63. The fourth-order valence-corrected chi connectivity index (χ4v) is 1.70. The number of hydrogen-bond donors (Lipinski definition) is 5. The van der Waals surface area contributed by atoms with E-state index in [1.165, 1.54) is 27.9 Å². The van der Waals surface area contributed by atoms with Crippen molar-refractivity contribution >= 4 is 29.7 Å². The molecule has 0 heterocycles. The van der Waals surface area contributed by atoms with E-state index in [2.05, 4.69) is 20.7 Å². The molecule has 4 atom stereocenters. The van der Waals surface area contributed by atoms with Crippen molar-refractivity contribution in [1.82, 2.24) is 16.0 Å². The average molecular weight is 374 g/mol. The number of carbonyl (C=O) groups excluding carboxylic acids is 4. The zero-order chi connectivity index (χ0) is 20.4. The van der Waals surface area contributed by atoms with Gasteiger partial charge < -0.3 is 31.5 Å². The number of amides is 3. The molecule has 0 bridgehead atoms. The number of hydrogen-bond acceptors (Lipinski definition) is 7. The topological polar surface area (TPSA) is 177 Å². The van der Waals surface area contributed by atoms with Gasteiger partial charge >= 0.3 is 11.9 Å². The lowest BCUT2D eigenvalue weighted by Gasteiger charge is -2.20. The lowest BCUT2D eigenvalue weighted by molar-refractivity contribution is -0.142. The Kier molecular flexibility index (Phi) is 9.89. The van der Waals surface area contributed by atoms with Crippen molar-refractivity contribution in [2.24, 2.45) is 5.73 Å². The Morgan fingerprint density at radius 3 is 1.73 bits per heavy atom. The lowest BCUT2D eigenvalue weighted by atomic mass is 10.1. The van der Waals surface area contributed by atoms with Crippen molar-refractivity contribution in [2.45, 2.75) is 57.8 Å². The smallest absolute Gasteiger partial charge is 0.325 e. The van der Waals surface area contributed by atoms with Gasteiger partial charge in [-0.05, 0) is 27.2 Å². The summed E-state index contributed by atoms with van der Waals surface area (Å²) in [5.74, 6) is -3.67. The van der Waals surface area contributed by atoms with Crippen LogP contribution in [0.15, 0.2) is 0 Å². The Labute approximate surface area is 151 Å². The molecule has 0 aliphatic carbocycles. The molecule has 6 N–H and O–H groups in total. The van der Waals surface area contributed by atoms with E-state index < -0.39 is 53.8 Å². The van der Waals surface area contributed by atoms with Crippen LogP contribution in [-0.2, 0) is 28.7 Å². The van der Waals surface area contributed by atoms with Crippen LogP contribution in [0.4, 0.5) is 0 Å². The van der Waals surface area contributed by atoms with Crippen LogP contribution in [0.1, 0.15) is 33.6 Å². The van der Waals surface area contributed by atoms with Gasteiger partial charge in [0.05, 0.1) is 13.2 Å². The molecule has 0 saturated carbocycles. The van der Waals surface area contributed by atoms with Crippen LogP contribution < -0.4 is 21.7 Å². The SMILES string of the molecule is COC(=O)CC[C@H](N)C(=O)N[C@@H](C)C(=O)N[C@@H](C)C(=O)N[C@@H](C)C(=O)O. The Morgan fingerprint density at radius 2 is 1.31 bits per heavy atom. The van der Waals surface area contributed by atoms with Crippen molar-refractivity contribution in [3.8, 4) is 0 Å². The fraction of sp³-hybridized carbons (Fsp3) is 0.667. The normalized spacial score (nSPS) is 15.0. The van der Waals surface area contributed by atoms with Crippen LogP contribution in [0, 0.1) is 0 Å². The van der Waals surface area contributed by atoms with E-state index in [9.17, 15) is 24.0 Å². The summed E-state index contributed by atoms with van der Waals surface area (Å²) in [4.78, 5) is 57.4. The first kappa shape index (κ1) is 23.3. The van der Waals surface area contributed by atoms with Crippen LogP contribution in [0.2, 0.25) is 0 Å². The maximum atomic E-state index is 12.0. The van der Waals surface area contributed by atoms with Crippen molar-refractivity contribution in [3.05, 3.63) is 0 Å². The van der Waals surface area contributed by atoms with E-state index in [-0.39, 0.29) is 12.8 Å². The zero-order valence-corrected chi connectivity index (χ0v) is 15.2. The molecule has 0 unspecified atom stereocenters. The van der Waals surface area contributed by atoms with Gasteiger partial charge in [0.25, 0.3) is 0 Å². The standard InChI is InChI=1S/C15H26N4O7/c1-7(13(22)19-9(3)15(24)25)17-12(21)8(2)18-14(23)10(16)5-6-11(20)26-4/h7-10H,5-6,16H2,1-4H3,(H,17,21)(H,18,23)(H,19,22)(H,24,25)/t7-,8-,9-,10-/m0/s1. The molecule has 0 spiro atoms. The van der Waals surface area contributed by atoms with E-state index >= 15 is 0 Å². The van der Waals surface area contributed by atoms with Crippen LogP contribution in [0.5, 0.6) is 0 Å². The van der Waals surface area contributed by atoms with E-state index in [0.717, 1.165) is 0 Å². The number of methoxy groups -OCH3 is 1. The van der Waals surface area contributed by atoms with Gasteiger partial charge in [0.15, 0.2) is 0 Å². The molecule has 11 heteroatoms. The molecule has 0 aromatic rings. The van der Waals surface area contributed by atoms with E-state index in [1.807, 2.05) is 0 Å². The van der Waals surface area contributed by atoms with E-state index in [4.69, 9.17) is 10.8 Å². The highest BCUT2D eigenvalue weighted by Crippen LogP contribution is 1.98. The van der Waals surface area contributed by atoms with Gasteiger partial charge in [-0.2, -0.15) is 0 Å². The molecule has 0 fully saturated rings. The predicted octanol–water partition coefficient (Wildman–Crippen LogP) is -2.13. The highest BCUT2D eigenvalue weighted by atomic mass is 16.5. The van der Waals surface area contributed by atoms with Crippen LogP contribution >= 0.6 is 0 Å². The van der Waals surface area contributed by atoms with Gasteiger partial charge in [-0.3, -0.25) is 24.0 Å². The molecule has 0 aliphatic rings. The minimum Gasteiger partial charge on any atom is -0.480 e. The van der Waals surface area contributed by atoms with Crippen molar-refractivity contribution in [2.75, 3.05) is 7.11 Å². The van der Waals surface area contributed by atoms with Crippen LogP contribution in [-0.4, -0.2) is 66.0 Å². The summed E-state index contributed by atoms with van der Waals surface area (Å²) >= 11 is 0. The summed E-state index contributed by atoms with van der Waals surface area (Å²) in [6, 6.07) is -4.09. The number of carboxylic acid groups (broad SMARTS) is 1. The number of carboxylic acids is 1. The molecular weight excluding hydrogens is 348 g/mol. The van der Waals surface area contributed by atoms with Gasteiger partial charge in [0.2, 0.25) is 17.7 Å². The number of carbonyl (C=O) groups is 5. The Balaban J connectivity index is 4.44. The molecule has 0 rings (SSSR count). The van der Waals surface area contributed by atoms with Gasteiger partial charge in [-0.1, -0.05) is 0 Å². The third-order valence-corrected chi connectivity index (χ3v) is 3.46. The van der Waals surface area contributed by atoms with Crippen LogP contribution in [0.3, 0.4) is 0 Å². The first-order valence-corrected chi connectivity index (χ1v) is 7.95. The summed E-state index contributed by atoms with van der Waals surface area (Å²) in [7, 11) is 1.22. The highest BCUT2D eigenvalue weighted by Gasteiger charge is 2.24. The Hall–Kier alpha value is -2.69. The number of esters is 1. The number of rotatable bonds is 10. The van der Waals surface area contributed by atoms with E-state index in [0.29, 0.717) is 0 Å². The Bertz CT molecular complexity index is 552. The average Bonchev–Trinajstić information content (AvgIpc) is 2.58. The minimum atomic E-state index is -1.21. The molecule has 26 heavy (non-hydrogen) atoms. The maximum Gasteiger partial charge on any atom is 0.325 e. The number of aliphatic carboxylic acids is 1. The van der Waals surface area contributed by atoms with Crippen molar-refractivity contribution < 1.29 is 33.8 Å². The van der Waals surface area contributed by atoms with Gasteiger partial charge in [-0.25, -0.2) is 0 Å². The van der Waals surface area contributed by atoms with Gasteiger partial charge in [0.1, 0.15) is 18.1 Å². The minimum absolute atomic E-state index is 0.0371. The number of ether oxygens (including phenoxy) is 1. The molecule has 0 saturated heterocycles. The van der Waals surface area contributed by atoms with Crippen molar-refractivity contribution in [1.29, 1.82) is 0 Å². The zero-order valence-electron chi connectivity index (χ0n) is 15.2. The lowest BCUT2D eigenvalue weighted by Crippen LogP contribution is -2.55. The molecule has 0 aromatic carbocycles. The second kappa shape index (κ2) is 11.0. The van der Waals surface area contributed by atoms with Crippen LogP contribution in [0.25, 0.3) is 0 Å². The second-order valence-electron chi connectivity index (χ2n) is 5.75. The Morgan fingerprint density at radius 1 is 0.885 bits per heavy atom. The third-order valence-electron chi connectivity index (χ3n) is 3.46. The molecule has 11 nitrogen and oxygen atoms in total. The summed E-state index contributed by atoms with van der Waals surface area (Å²) in [5, 5.41) is 15.7. The fourth-order valence-electron chi connectivity index (χ4n) is 1.70. The first-order valence-electron chi connectivity index (χ1n) is 7.95. The maximum absolute atomic E-state index is 12.0. The molecule has 0 radical (unpaired) electrons. The number of nitrogens with one attached hydrogen (secondary N) is 3. The molecule has 3 amide bonds. The molecule has 0 aromatic heterocycles.